The molecule has 2 N–H and O–H groups in total. The lowest BCUT2D eigenvalue weighted by Crippen LogP contribution is -2.41. The second-order valence-corrected chi connectivity index (χ2v) is 5.36. The van der Waals surface area contributed by atoms with Gasteiger partial charge < -0.3 is 9.47 Å². The summed E-state index contributed by atoms with van der Waals surface area (Å²) in [5, 5.41) is 1.79. The fourth-order valence-corrected chi connectivity index (χ4v) is 2.47. The molecule has 1 aromatic carbocycles. The van der Waals surface area contributed by atoms with Crippen LogP contribution in [0, 0.1) is 0 Å². The van der Waals surface area contributed by atoms with Crippen LogP contribution in [0.1, 0.15) is 33.9 Å². The lowest BCUT2D eigenvalue weighted by atomic mass is 10.2. The molecule has 0 unspecified atom stereocenters. The van der Waals surface area contributed by atoms with Crippen LogP contribution in [-0.2, 0) is 0 Å². The minimum atomic E-state index is -0.432. The molecule has 0 aliphatic carbocycles. The molecule has 1 heterocycles. The van der Waals surface area contributed by atoms with E-state index in [1.807, 2.05) is 13.8 Å². The van der Waals surface area contributed by atoms with Gasteiger partial charge in [0, 0.05) is 5.56 Å². The van der Waals surface area contributed by atoms with Crippen molar-refractivity contribution in [2.75, 3.05) is 13.2 Å². The number of carbonyl (C=O) groups is 2. The first kappa shape index (κ1) is 16.8. The Kier molecular flexibility index (Phi) is 5.99. The molecule has 7 heteroatoms. The maximum absolute atomic E-state index is 12.1. The van der Waals surface area contributed by atoms with Crippen molar-refractivity contribution in [3.05, 3.63) is 46.2 Å². The summed E-state index contributed by atoms with van der Waals surface area (Å²) in [6.45, 7) is 4.68. The summed E-state index contributed by atoms with van der Waals surface area (Å²) >= 11 is 1.30. The molecule has 0 saturated carbocycles. The summed E-state index contributed by atoms with van der Waals surface area (Å²) < 4.78 is 10.9. The van der Waals surface area contributed by atoms with Crippen molar-refractivity contribution in [2.24, 2.45) is 0 Å². The van der Waals surface area contributed by atoms with E-state index in [0.29, 0.717) is 35.2 Å². The van der Waals surface area contributed by atoms with Gasteiger partial charge in [-0.25, -0.2) is 0 Å². The first-order valence-corrected chi connectivity index (χ1v) is 8.07. The zero-order chi connectivity index (χ0) is 16.7. The lowest BCUT2D eigenvalue weighted by Gasteiger charge is -2.12. The molecule has 0 spiro atoms. The molecule has 0 fully saturated rings. The fraction of sp³-hybridized carbons (Fsp3) is 0.250. The van der Waals surface area contributed by atoms with Crippen LogP contribution in [0.3, 0.4) is 0 Å². The zero-order valence-electron chi connectivity index (χ0n) is 12.9. The van der Waals surface area contributed by atoms with Gasteiger partial charge in [0.15, 0.2) is 11.5 Å². The van der Waals surface area contributed by atoms with Crippen LogP contribution in [0.4, 0.5) is 0 Å². The molecule has 6 nitrogen and oxygen atoms in total. The van der Waals surface area contributed by atoms with Crippen molar-refractivity contribution < 1.29 is 19.1 Å². The Balaban J connectivity index is 2.03. The van der Waals surface area contributed by atoms with Crippen LogP contribution in [0.25, 0.3) is 0 Å². The predicted octanol–water partition coefficient (Wildman–Crippen LogP) is 2.62. The third kappa shape index (κ3) is 4.46. The van der Waals surface area contributed by atoms with Gasteiger partial charge in [0.05, 0.1) is 18.1 Å². The standard InChI is InChI=1S/C16H18N2O4S/c1-3-21-12-8-7-11(10-13(12)22-4-2)15(19)17-18-16(20)14-6-5-9-23-14/h5-10H,3-4H2,1-2H3,(H,17,19)(H,18,20). The van der Waals surface area contributed by atoms with E-state index in [2.05, 4.69) is 10.9 Å². The van der Waals surface area contributed by atoms with Crippen molar-refractivity contribution in [1.29, 1.82) is 0 Å². The Hall–Kier alpha value is -2.54. The summed E-state index contributed by atoms with van der Waals surface area (Å²) in [7, 11) is 0. The number of hydrogen-bond donors (Lipinski definition) is 2. The van der Waals surface area contributed by atoms with E-state index in [1.54, 1.807) is 35.7 Å². The summed E-state index contributed by atoms with van der Waals surface area (Å²) in [6.07, 6.45) is 0. The second-order valence-electron chi connectivity index (χ2n) is 4.41. The maximum Gasteiger partial charge on any atom is 0.279 e. The fourth-order valence-electron chi connectivity index (χ4n) is 1.85. The van der Waals surface area contributed by atoms with Crippen molar-refractivity contribution in [2.45, 2.75) is 13.8 Å². The van der Waals surface area contributed by atoms with E-state index >= 15 is 0 Å². The van der Waals surface area contributed by atoms with Crippen molar-refractivity contribution in [3.8, 4) is 11.5 Å². The van der Waals surface area contributed by atoms with E-state index < -0.39 is 5.91 Å². The van der Waals surface area contributed by atoms with Gasteiger partial charge in [-0.1, -0.05) is 6.07 Å². The Bertz CT molecular complexity index is 671. The smallest absolute Gasteiger partial charge is 0.279 e. The average molecular weight is 334 g/mol. The van der Waals surface area contributed by atoms with Crippen molar-refractivity contribution in [3.63, 3.8) is 0 Å². The highest BCUT2D eigenvalue weighted by Crippen LogP contribution is 2.28. The number of hydrazine groups is 1. The third-order valence-electron chi connectivity index (χ3n) is 2.84. The number of nitrogens with one attached hydrogen (secondary N) is 2. The molecule has 1 aromatic heterocycles. The maximum atomic E-state index is 12.1. The molecule has 0 radical (unpaired) electrons. The number of carbonyl (C=O) groups excluding carboxylic acids is 2. The van der Waals surface area contributed by atoms with Gasteiger partial charge in [-0.15, -0.1) is 11.3 Å². The predicted molar refractivity (Wildman–Crippen MR) is 88.0 cm³/mol. The number of ether oxygens (including phenoxy) is 2. The minimum absolute atomic E-state index is 0.357. The molecule has 2 amide bonds. The average Bonchev–Trinajstić information content (AvgIpc) is 3.09. The lowest BCUT2D eigenvalue weighted by molar-refractivity contribution is 0.0848. The Morgan fingerprint density at radius 2 is 1.70 bits per heavy atom. The van der Waals surface area contributed by atoms with Crippen LogP contribution in [0.15, 0.2) is 35.7 Å². The molecule has 122 valence electrons. The van der Waals surface area contributed by atoms with E-state index in [-0.39, 0.29) is 5.91 Å². The molecule has 2 rings (SSSR count). The van der Waals surface area contributed by atoms with Crippen molar-refractivity contribution in [1.82, 2.24) is 10.9 Å². The first-order valence-electron chi connectivity index (χ1n) is 7.19. The van der Waals surface area contributed by atoms with Crippen LogP contribution < -0.4 is 20.3 Å². The molecule has 23 heavy (non-hydrogen) atoms. The van der Waals surface area contributed by atoms with Crippen LogP contribution in [0.2, 0.25) is 0 Å². The van der Waals surface area contributed by atoms with Gasteiger partial charge in [-0.2, -0.15) is 0 Å². The first-order chi connectivity index (χ1) is 11.2. The summed E-state index contributed by atoms with van der Waals surface area (Å²) in [5.74, 6) is 0.281. The van der Waals surface area contributed by atoms with E-state index in [9.17, 15) is 9.59 Å². The normalized spacial score (nSPS) is 10.0. The number of rotatable bonds is 6. The Morgan fingerprint density at radius 1 is 1.00 bits per heavy atom. The highest BCUT2D eigenvalue weighted by Gasteiger charge is 2.13. The van der Waals surface area contributed by atoms with E-state index in [4.69, 9.17) is 9.47 Å². The topological polar surface area (TPSA) is 76.7 Å². The molecule has 0 aliphatic rings. The van der Waals surface area contributed by atoms with Crippen molar-refractivity contribution >= 4 is 23.2 Å². The summed E-state index contributed by atoms with van der Waals surface area (Å²) in [4.78, 5) is 24.4. The van der Waals surface area contributed by atoms with Gasteiger partial charge in [-0.3, -0.25) is 20.4 Å². The molecule has 0 atom stereocenters. The highest BCUT2D eigenvalue weighted by atomic mass is 32.1. The molecule has 2 aromatic rings. The monoisotopic (exact) mass is 334 g/mol. The Labute approximate surface area is 138 Å². The van der Waals surface area contributed by atoms with Gasteiger partial charge in [0.1, 0.15) is 0 Å². The quantitative estimate of drug-likeness (QED) is 0.796. The molecule has 0 bridgehead atoms. The molecule has 0 saturated heterocycles. The highest BCUT2D eigenvalue weighted by molar-refractivity contribution is 7.12. The summed E-state index contributed by atoms with van der Waals surface area (Å²) in [6, 6.07) is 8.31. The number of amides is 2. The SMILES string of the molecule is CCOc1ccc(C(=O)NNC(=O)c2cccs2)cc1OCC. The van der Waals surface area contributed by atoms with Crippen LogP contribution in [0.5, 0.6) is 11.5 Å². The van der Waals surface area contributed by atoms with Gasteiger partial charge in [0.2, 0.25) is 0 Å². The summed E-state index contributed by atoms with van der Waals surface area (Å²) in [5.41, 5.74) is 5.12. The third-order valence-corrected chi connectivity index (χ3v) is 3.71. The van der Waals surface area contributed by atoms with Gasteiger partial charge >= 0.3 is 0 Å². The number of thiophene rings is 1. The van der Waals surface area contributed by atoms with Crippen LogP contribution in [-0.4, -0.2) is 25.0 Å². The van der Waals surface area contributed by atoms with E-state index in [0.717, 1.165) is 0 Å². The Morgan fingerprint density at radius 3 is 2.35 bits per heavy atom. The molecular weight excluding hydrogens is 316 g/mol. The largest absolute Gasteiger partial charge is 0.490 e. The van der Waals surface area contributed by atoms with Gasteiger partial charge in [0.25, 0.3) is 11.8 Å². The van der Waals surface area contributed by atoms with Crippen LogP contribution >= 0.6 is 11.3 Å². The number of benzene rings is 1. The van der Waals surface area contributed by atoms with Gasteiger partial charge in [-0.05, 0) is 43.5 Å². The zero-order valence-corrected chi connectivity index (χ0v) is 13.7. The number of hydrogen-bond acceptors (Lipinski definition) is 5. The van der Waals surface area contributed by atoms with E-state index in [1.165, 1.54) is 11.3 Å². The minimum Gasteiger partial charge on any atom is -0.490 e. The molecular formula is C16H18N2O4S. The molecule has 0 aliphatic heterocycles. The second kappa shape index (κ2) is 8.19.